The molecule has 0 radical (unpaired) electrons. The third kappa shape index (κ3) is 2.96. The maximum atomic E-state index is 6.03. The maximum absolute atomic E-state index is 6.03. The van der Waals surface area contributed by atoms with Gasteiger partial charge in [-0.1, -0.05) is 36.4 Å². The molecule has 2 aromatic carbocycles. The minimum atomic E-state index is 0.564. The summed E-state index contributed by atoms with van der Waals surface area (Å²) in [5.41, 5.74) is 1.32. The van der Waals surface area contributed by atoms with E-state index in [9.17, 15) is 0 Å². The van der Waals surface area contributed by atoms with E-state index in [-0.39, 0.29) is 0 Å². The fourth-order valence-electron chi connectivity index (χ4n) is 2.64. The standard InChI is InChI=1S/C17H19NO/c1-2-8-15(9-3-1)19-17-11-5-4-10-16(17)14-7-6-12-18-13-14/h1-5,8-11,14,18H,6-7,12-13H2. The Bertz CT molecular complexity index is 518. The lowest BCUT2D eigenvalue weighted by molar-refractivity contribution is 0.431. The van der Waals surface area contributed by atoms with Crippen LogP contribution >= 0.6 is 0 Å². The molecule has 1 unspecified atom stereocenters. The first-order valence-electron chi connectivity index (χ1n) is 6.96. The summed E-state index contributed by atoms with van der Waals surface area (Å²) in [6.45, 7) is 2.19. The van der Waals surface area contributed by atoms with E-state index in [4.69, 9.17) is 4.74 Å². The lowest BCUT2D eigenvalue weighted by Crippen LogP contribution is -2.28. The molecule has 0 amide bonds. The molecule has 98 valence electrons. The van der Waals surface area contributed by atoms with E-state index in [0.717, 1.165) is 24.6 Å². The Morgan fingerprint density at radius 3 is 2.53 bits per heavy atom. The van der Waals surface area contributed by atoms with Crippen molar-refractivity contribution in [2.75, 3.05) is 13.1 Å². The van der Waals surface area contributed by atoms with Crippen molar-refractivity contribution < 1.29 is 4.74 Å². The third-order valence-electron chi connectivity index (χ3n) is 3.63. The van der Waals surface area contributed by atoms with Gasteiger partial charge in [0.15, 0.2) is 0 Å². The maximum Gasteiger partial charge on any atom is 0.130 e. The second-order valence-corrected chi connectivity index (χ2v) is 5.00. The summed E-state index contributed by atoms with van der Waals surface area (Å²) in [5, 5.41) is 3.47. The van der Waals surface area contributed by atoms with Gasteiger partial charge in [0.25, 0.3) is 0 Å². The molecule has 2 aromatic rings. The van der Waals surface area contributed by atoms with Gasteiger partial charge in [0, 0.05) is 12.5 Å². The summed E-state index contributed by atoms with van der Waals surface area (Å²) in [4.78, 5) is 0. The number of para-hydroxylation sites is 2. The molecule has 1 saturated heterocycles. The molecule has 0 aliphatic carbocycles. The number of benzene rings is 2. The van der Waals surface area contributed by atoms with Gasteiger partial charge >= 0.3 is 0 Å². The van der Waals surface area contributed by atoms with E-state index >= 15 is 0 Å². The van der Waals surface area contributed by atoms with Crippen LogP contribution in [0.25, 0.3) is 0 Å². The summed E-state index contributed by atoms with van der Waals surface area (Å²) in [6, 6.07) is 18.4. The van der Waals surface area contributed by atoms with Crippen molar-refractivity contribution in [1.29, 1.82) is 0 Å². The summed E-state index contributed by atoms with van der Waals surface area (Å²) in [6.07, 6.45) is 2.48. The van der Waals surface area contributed by atoms with Gasteiger partial charge in [0.2, 0.25) is 0 Å². The molecule has 1 N–H and O–H groups in total. The minimum Gasteiger partial charge on any atom is -0.457 e. The molecule has 2 heteroatoms. The van der Waals surface area contributed by atoms with Gasteiger partial charge in [-0.3, -0.25) is 0 Å². The third-order valence-corrected chi connectivity index (χ3v) is 3.63. The highest BCUT2D eigenvalue weighted by Gasteiger charge is 2.18. The molecule has 2 nitrogen and oxygen atoms in total. The van der Waals surface area contributed by atoms with Crippen LogP contribution in [0, 0.1) is 0 Å². The molecule has 1 aliphatic heterocycles. The molecule has 0 bridgehead atoms. The lowest BCUT2D eigenvalue weighted by atomic mass is 9.91. The van der Waals surface area contributed by atoms with Gasteiger partial charge in [-0.15, -0.1) is 0 Å². The first-order chi connectivity index (χ1) is 9.43. The Kier molecular flexibility index (Phi) is 3.80. The SMILES string of the molecule is c1ccc(Oc2ccccc2C2CCCNC2)cc1. The summed E-state index contributed by atoms with van der Waals surface area (Å²) < 4.78 is 6.03. The van der Waals surface area contributed by atoms with Crippen molar-refractivity contribution >= 4 is 0 Å². The van der Waals surface area contributed by atoms with E-state index in [2.05, 4.69) is 23.5 Å². The quantitative estimate of drug-likeness (QED) is 0.894. The van der Waals surface area contributed by atoms with Crippen molar-refractivity contribution in [1.82, 2.24) is 5.32 Å². The normalized spacial score (nSPS) is 19.1. The van der Waals surface area contributed by atoms with E-state index in [1.54, 1.807) is 0 Å². The highest BCUT2D eigenvalue weighted by molar-refractivity contribution is 5.40. The summed E-state index contributed by atoms with van der Waals surface area (Å²) in [7, 11) is 0. The van der Waals surface area contributed by atoms with Gasteiger partial charge in [-0.25, -0.2) is 0 Å². The van der Waals surface area contributed by atoms with Crippen molar-refractivity contribution in [3.8, 4) is 11.5 Å². The number of nitrogens with one attached hydrogen (secondary N) is 1. The average molecular weight is 253 g/mol. The van der Waals surface area contributed by atoms with Crippen LogP contribution in [-0.2, 0) is 0 Å². The monoisotopic (exact) mass is 253 g/mol. The fourth-order valence-corrected chi connectivity index (χ4v) is 2.64. The van der Waals surface area contributed by atoms with Crippen LogP contribution in [-0.4, -0.2) is 13.1 Å². The number of hydrogen-bond acceptors (Lipinski definition) is 2. The number of ether oxygens (including phenoxy) is 1. The summed E-state index contributed by atoms with van der Waals surface area (Å²) in [5.74, 6) is 2.45. The molecule has 19 heavy (non-hydrogen) atoms. The number of hydrogen-bond donors (Lipinski definition) is 1. The molecule has 0 spiro atoms. The van der Waals surface area contributed by atoms with Gasteiger partial charge < -0.3 is 10.1 Å². The molecule has 1 atom stereocenters. The fraction of sp³-hybridized carbons (Fsp3) is 0.294. The number of rotatable bonds is 3. The van der Waals surface area contributed by atoms with E-state index in [1.807, 2.05) is 36.4 Å². The molecular formula is C17H19NO. The molecule has 0 saturated carbocycles. The molecule has 1 fully saturated rings. The highest BCUT2D eigenvalue weighted by atomic mass is 16.5. The molecule has 1 aliphatic rings. The summed E-state index contributed by atoms with van der Waals surface area (Å²) >= 11 is 0. The van der Waals surface area contributed by atoms with Gasteiger partial charge in [-0.05, 0) is 43.1 Å². The van der Waals surface area contributed by atoms with Crippen molar-refractivity contribution in [2.24, 2.45) is 0 Å². The molecule has 1 heterocycles. The Morgan fingerprint density at radius 2 is 1.74 bits per heavy atom. The second kappa shape index (κ2) is 5.89. The molecule has 0 aromatic heterocycles. The molecule has 3 rings (SSSR count). The van der Waals surface area contributed by atoms with Crippen LogP contribution in [0.1, 0.15) is 24.3 Å². The van der Waals surface area contributed by atoms with Crippen LogP contribution in [0.4, 0.5) is 0 Å². The molecular weight excluding hydrogens is 234 g/mol. The zero-order valence-corrected chi connectivity index (χ0v) is 11.0. The lowest BCUT2D eigenvalue weighted by Gasteiger charge is -2.25. The topological polar surface area (TPSA) is 21.3 Å². The van der Waals surface area contributed by atoms with Gasteiger partial charge in [-0.2, -0.15) is 0 Å². The minimum absolute atomic E-state index is 0.564. The van der Waals surface area contributed by atoms with Crippen LogP contribution in [0.3, 0.4) is 0 Å². The smallest absolute Gasteiger partial charge is 0.130 e. The van der Waals surface area contributed by atoms with Crippen molar-refractivity contribution in [2.45, 2.75) is 18.8 Å². The zero-order valence-electron chi connectivity index (χ0n) is 11.0. The van der Waals surface area contributed by atoms with Crippen molar-refractivity contribution in [3.05, 3.63) is 60.2 Å². The van der Waals surface area contributed by atoms with Crippen LogP contribution in [0.2, 0.25) is 0 Å². The van der Waals surface area contributed by atoms with E-state index in [1.165, 1.54) is 18.4 Å². The predicted octanol–water partition coefficient (Wildman–Crippen LogP) is 3.95. The van der Waals surface area contributed by atoms with Gasteiger partial charge in [0.05, 0.1) is 0 Å². The van der Waals surface area contributed by atoms with Crippen LogP contribution in [0.15, 0.2) is 54.6 Å². The zero-order chi connectivity index (χ0) is 12.9. The van der Waals surface area contributed by atoms with Crippen LogP contribution < -0.4 is 10.1 Å². The Morgan fingerprint density at radius 1 is 0.947 bits per heavy atom. The average Bonchev–Trinajstić information content (AvgIpc) is 2.50. The van der Waals surface area contributed by atoms with Crippen LogP contribution in [0.5, 0.6) is 11.5 Å². The first-order valence-corrected chi connectivity index (χ1v) is 6.96. The Hall–Kier alpha value is -1.80. The predicted molar refractivity (Wildman–Crippen MR) is 77.8 cm³/mol. The largest absolute Gasteiger partial charge is 0.457 e. The number of piperidine rings is 1. The van der Waals surface area contributed by atoms with E-state index < -0.39 is 0 Å². The second-order valence-electron chi connectivity index (χ2n) is 5.00. The first kappa shape index (κ1) is 12.2. The van der Waals surface area contributed by atoms with E-state index in [0.29, 0.717) is 5.92 Å². The Labute approximate surface area is 114 Å². The Balaban J connectivity index is 1.84. The van der Waals surface area contributed by atoms with Gasteiger partial charge in [0.1, 0.15) is 11.5 Å². The van der Waals surface area contributed by atoms with Crippen molar-refractivity contribution in [3.63, 3.8) is 0 Å². The highest BCUT2D eigenvalue weighted by Crippen LogP contribution is 2.33.